The Balaban J connectivity index is 1.45. The number of amides is 1. The molecule has 26 heavy (non-hydrogen) atoms. The van der Waals surface area contributed by atoms with Gasteiger partial charge >= 0.3 is 0 Å². The summed E-state index contributed by atoms with van der Waals surface area (Å²) < 4.78 is 10.7. The summed E-state index contributed by atoms with van der Waals surface area (Å²) in [4.78, 5) is 16.4. The molecule has 6 nitrogen and oxygen atoms in total. The first kappa shape index (κ1) is 18.5. The van der Waals surface area contributed by atoms with E-state index in [1.54, 1.807) is 6.07 Å². The molecule has 1 unspecified atom stereocenters. The molecular weight excluding hydrogens is 332 g/mol. The number of rotatable bonds is 6. The third kappa shape index (κ3) is 4.86. The van der Waals surface area contributed by atoms with Crippen molar-refractivity contribution in [2.75, 3.05) is 39.3 Å². The lowest BCUT2D eigenvalue weighted by atomic mass is 10.2. The van der Waals surface area contributed by atoms with Gasteiger partial charge in [0.25, 0.3) is 5.91 Å². The molecule has 1 amide bonds. The van der Waals surface area contributed by atoms with E-state index in [2.05, 4.69) is 4.90 Å². The van der Waals surface area contributed by atoms with Crippen LogP contribution in [0.1, 0.15) is 22.3 Å². The predicted octanol–water partition coefficient (Wildman–Crippen LogP) is 2.18. The molecule has 0 aliphatic carbocycles. The van der Waals surface area contributed by atoms with E-state index in [-0.39, 0.29) is 12.5 Å². The van der Waals surface area contributed by atoms with Gasteiger partial charge in [0, 0.05) is 26.2 Å². The van der Waals surface area contributed by atoms with E-state index < -0.39 is 6.10 Å². The average Bonchev–Trinajstić information content (AvgIpc) is 3.08. The first-order valence-corrected chi connectivity index (χ1v) is 9.04. The van der Waals surface area contributed by atoms with Crippen molar-refractivity contribution in [3.8, 4) is 5.75 Å². The van der Waals surface area contributed by atoms with Crippen LogP contribution in [0.4, 0.5) is 0 Å². The van der Waals surface area contributed by atoms with Gasteiger partial charge in [-0.15, -0.1) is 0 Å². The Bertz CT molecular complexity index is 702. The summed E-state index contributed by atoms with van der Waals surface area (Å²) in [6, 6.07) is 9.48. The van der Waals surface area contributed by atoms with Crippen LogP contribution in [0.2, 0.25) is 0 Å². The number of carbonyl (C=O) groups excluding carboxylic acids is 1. The molecule has 6 heteroatoms. The van der Waals surface area contributed by atoms with E-state index in [9.17, 15) is 9.90 Å². The van der Waals surface area contributed by atoms with E-state index in [4.69, 9.17) is 9.15 Å². The van der Waals surface area contributed by atoms with Crippen molar-refractivity contribution in [1.82, 2.24) is 9.80 Å². The number of ether oxygens (including phenoxy) is 1. The number of furan rings is 1. The number of aliphatic hydroxyl groups excluding tert-OH is 1. The highest BCUT2D eigenvalue weighted by atomic mass is 16.5. The second-order valence-electron chi connectivity index (χ2n) is 6.69. The molecule has 1 aliphatic heterocycles. The minimum Gasteiger partial charge on any atom is -0.491 e. The van der Waals surface area contributed by atoms with Crippen molar-refractivity contribution >= 4 is 5.91 Å². The van der Waals surface area contributed by atoms with Crippen molar-refractivity contribution in [3.63, 3.8) is 0 Å². The van der Waals surface area contributed by atoms with Crippen LogP contribution in [0.3, 0.4) is 0 Å². The summed E-state index contributed by atoms with van der Waals surface area (Å²) >= 11 is 0. The van der Waals surface area contributed by atoms with Crippen molar-refractivity contribution in [1.29, 1.82) is 0 Å². The van der Waals surface area contributed by atoms with E-state index in [1.165, 1.54) is 12.5 Å². The van der Waals surface area contributed by atoms with Gasteiger partial charge < -0.3 is 19.2 Å². The van der Waals surface area contributed by atoms with Crippen LogP contribution >= 0.6 is 0 Å². The number of para-hydroxylation sites is 1. The topological polar surface area (TPSA) is 66.2 Å². The van der Waals surface area contributed by atoms with Gasteiger partial charge in [-0.1, -0.05) is 18.2 Å². The quantitative estimate of drug-likeness (QED) is 0.857. The number of benzene rings is 1. The van der Waals surface area contributed by atoms with E-state index in [1.807, 2.05) is 36.1 Å². The SMILES string of the molecule is Cc1ccccc1OCC(O)CN1CCCN(C(=O)c2ccoc2)CC1. The monoisotopic (exact) mass is 358 g/mol. The molecule has 1 fully saturated rings. The maximum absolute atomic E-state index is 12.4. The highest BCUT2D eigenvalue weighted by Gasteiger charge is 2.22. The molecule has 1 aliphatic rings. The lowest BCUT2D eigenvalue weighted by molar-refractivity contribution is 0.0668. The molecule has 0 saturated carbocycles. The lowest BCUT2D eigenvalue weighted by Crippen LogP contribution is -2.39. The molecule has 1 N–H and O–H groups in total. The smallest absolute Gasteiger partial charge is 0.257 e. The predicted molar refractivity (Wildman–Crippen MR) is 98.3 cm³/mol. The van der Waals surface area contributed by atoms with Crippen molar-refractivity contribution in [2.24, 2.45) is 0 Å². The van der Waals surface area contributed by atoms with Gasteiger partial charge in [-0.05, 0) is 37.6 Å². The molecule has 1 saturated heterocycles. The molecule has 1 aromatic carbocycles. The van der Waals surface area contributed by atoms with Gasteiger partial charge in [-0.3, -0.25) is 9.69 Å². The van der Waals surface area contributed by atoms with Gasteiger partial charge in [0.15, 0.2) is 0 Å². The van der Waals surface area contributed by atoms with Crippen LogP contribution in [0, 0.1) is 6.92 Å². The van der Waals surface area contributed by atoms with Crippen LogP contribution < -0.4 is 4.74 Å². The normalized spacial score (nSPS) is 16.9. The zero-order valence-electron chi connectivity index (χ0n) is 15.1. The minimum absolute atomic E-state index is 0.00374. The van der Waals surface area contributed by atoms with E-state index in [0.717, 1.165) is 37.4 Å². The van der Waals surface area contributed by atoms with Gasteiger partial charge in [0.05, 0.1) is 11.8 Å². The number of aliphatic hydroxyl groups is 1. The zero-order valence-corrected chi connectivity index (χ0v) is 15.1. The first-order chi connectivity index (χ1) is 12.6. The minimum atomic E-state index is -0.564. The third-order valence-electron chi connectivity index (χ3n) is 4.64. The Morgan fingerprint density at radius 1 is 1.23 bits per heavy atom. The summed E-state index contributed by atoms with van der Waals surface area (Å²) in [6.07, 6.45) is 3.32. The third-order valence-corrected chi connectivity index (χ3v) is 4.64. The summed E-state index contributed by atoms with van der Waals surface area (Å²) in [5, 5.41) is 10.3. The van der Waals surface area contributed by atoms with Crippen LogP contribution in [0.25, 0.3) is 0 Å². The fourth-order valence-corrected chi connectivity index (χ4v) is 3.18. The number of β-amino-alcohol motifs (C(OH)–C–C–N with tert-alkyl or cyclic N) is 1. The summed E-state index contributed by atoms with van der Waals surface area (Å²) in [5.74, 6) is 0.809. The lowest BCUT2D eigenvalue weighted by Gasteiger charge is -2.24. The molecule has 1 aromatic heterocycles. The molecule has 1 atom stereocenters. The van der Waals surface area contributed by atoms with E-state index >= 15 is 0 Å². The summed E-state index contributed by atoms with van der Waals surface area (Å²) in [7, 11) is 0. The number of aryl methyl sites for hydroxylation is 1. The second kappa shape index (κ2) is 8.87. The van der Waals surface area contributed by atoms with E-state index in [0.29, 0.717) is 18.7 Å². The Labute approximate surface area is 154 Å². The Morgan fingerprint density at radius 2 is 2.08 bits per heavy atom. The van der Waals surface area contributed by atoms with Crippen molar-refractivity contribution in [3.05, 3.63) is 54.0 Å². The van der Waals surface area contributed by atoms with Gasteiger partial charge in [0.1, 0.15) is 24.7 Å². The molecule has 3 rings (SSSR count). The Kier molecular flexibility index (Phi) is 6.30. The van der Waals surface area contributed by atoms with Gasteiger partial charge in [-0.2, -0.15) is 0 Å². The van der Waals surface area contributed by atoms with Gasteiger partial charge in [0.2, 0.25) is 0 Å². The Hall–Kier alpha value is -2.31. The molecule has 2 aromatic rings. The molecule has 0 spiro atoms. The highest BCUT2D eigenvalue weighted by molar-refractivity contribution is 5.93. The average molecular weight is 358 g/mol. The molecule has 140 valence electrons. The second-order valence-corrected chi connectivity index (χ2v) is 6.69. The van der Waals surface area contributed by atoms with Gasteiger partial charge in [-0.25, -0.2) is 0 Å². The van der Waals surface area contributed by atoms with Crippen LogP contribution in [0.5, 0.6) is 5.75 Å². The van der Waals surface area contributed by atoms with Crippen LogP contribution in [-0.2, 0) is 0 Å². The molecular formula is C20H26N2O4. The number of hydrogen-bond donors (Lipinski definition) is 1. The molecule has 2 heterocycles. The molecule has 0 radical (unpaired) electrons. The maximum Gasteiger partial charge on any atom is 0.257 e. The summed E-state index contributed by atoms with van der Waals surface area (Å²) in [5.41, 5.74) is 1.65. The first-order valence-electron chi connectivity index (χ1n) is 9.04. The van der Waals surface area contributed by atoms with Crippen molar-refractivity contribution < 1.29 is 19.1 Å². The van der Waals surface area contributed by atoms with Crippen LogP contribution in [0.15, 0.2) is 47.3 Å². The largest absolute Gasteiger partial charge is 0.491 e. The highest BCUT2D eigenvalue weighted by Crippen LogP contribution is 2.16. The fraction of sp³-hybridized carbons (Fsp3) is 0.450. The number of carbonyl (C=O) groups is 1. The van der Waals surface area contributed by atoms with Crippen molar-refractivity contribution in [2.45, 2.75) is 19.4 Å². The molecule has 0 bridgehead atoms. The number of nitrogens with zero attached hydrogens (tertiary/aromatic N) is 2. The fourth-order valence-electron chi connectivity index (χ4n) is 3.18. The summed E-state index contributed by atoms with van der Waals surface area (Å²) in [6.45, 7) is 5.76. The number of hydrogen-bond acceptors (Lipinski definition) is 5. The Morgan fingerprint density at radius 3 is 2.85 bits per heavy atom. The standard InChI is InChI=1S/C20H26N2O4/c1-16-5-2-3-6-19(16)26-15-18(23)13-21-8-4-9-22(11-10-21)20(24)17-7-12-25-14-17/h2-3,5-7,12,14,18,23H,4,8-11,13,15H2,1H3. The zero-order chi connectivity index (χ0) is 18.4. The van der Waals surface area contributed by atoms with Crippen LogP contribution in [-0.4, -0.2) is 66.2 Å². The maximum atomic E-state index is 12.4.